The maximum absolute atomic E-state index is 5.98. The molecular formula is C16H21ClN4O. The normalized spacial score (nSPS) is 19.0. The largest absolute Gasteiger partial charge is 0.383 e. The highest BCUT2D eigenvalue weighted by Gasteiger charge is 2.26. The van der Waals surface area contributed by atoms with E-state index < -0.39 is 0 Å². The van der Waals surface area contributed by atoms with Crippen LogP contribution < -0.4 is 5.32 Å². The van der Waals surface area contributed by atoms with Crippen LogP contribution in [-0.2, 0) is 11.3 Å². The molecule has 0 saturated carbocycles. The third kappa shape index (κ3) is 3.32. The van der Waals surface area contributed by atoms with Crippen molar-refractivity contribution in [2.45, 2.75) is 38.4 Å². The lowest BCUT2D eigenvalue weighted by atomic mass is 10.0. The first-order chi connectivity index (χ1) is 10.7. The van der Waals surface area contributed by atoms with Crippen molar-refractivity contribution in [2.24, 2.45) is 0 Å². The lowest BCUT2D eigenvalue weighted by Crippen LogP contribution is -2.33. The monoisotopic (exact) mass is 320 g/mol. The molecule has 0 amide bonds. The zero-order valence-corrected chi connectivity index (χ0v) is 13.7. The molecule has 1 aromatic carbocycles. The van der Waals surface area contributed by atoms with Crippen molar-refractivity contribution >= 4 is 11.6 Å². The summed E-state index contributed by atoms with van der Waals surface area (Å²) in [5, 5.41) is 8.87. The predicted molar refractivity (Wildman–Crippen MR) is 85.9 cm³/mol. The molecule has 0 saturated heterocycles. The Kier molecular flexibility index (Phi) is 4.76. The molecular weight excluding hydrogens is 300 g/mol. The van der Waals surface area contributed by atoms with Crippen molar-refractivity contribution in [3.05, 3.63) is 46.5 Å². The molecule has 6 heteroatoms. The number of aromatic nitrogens is 3. The van der Waals surface area contributed by atoms with E-state index in [0.29, 0.717) is 6.61 Å². The van der Waals surface area contributed by atoms with Crippen LogP contribution in [0.4, 0.5) is 0 Å². The van der Waals surface area contributed by atoms with Gasteiger partial charge in [0, 0.05) is 18.7 Å². The van der Waals surface area contributed by atoms with E-state index in [1.165, 1.54) is 5.56 Å². The maximum atomic E-state index is 5.98. The van der Waals surface area contributed by atoms with Gasteiger partial charge >= 0.3 is 0 Å². The van der Waals surface area contributed by atoms with E-state index in [1.54, 1.807) is 7.11 Å². The summed E-state index contributed by atoms with van der Waals surface area (Å²) < 4.78 is 7.40. The van der Waals surface area contributed by atoms with Gasteiger partial charge in [0.1, 0.15) is 11.6 Å². The van der Waals surface area contributed by atoms with Gasteiger partial charge in [-0.15, -0.1) is 0 Å². The SMILES string of the molecule is COC[C@H](N[C@H]1CCCn2nc(C)nc21)c1ccc(Cl)cc1. The van der Waals surface area contributed by atoms with E-state index >= 15 is 0 Å². The summed E-state index contributed by atoms with van der Waals surface area (Å²) in [5.74, 6) is 1.86. The Morgan fingerprint density at radius 3 is 2.91 bits per heavy atom. The van der Waals surface area contributed by atoms with E-state index in [4.69, 9.17) is 16.3 Å². The molecule has 2 heterocycles. The Hall–Kier alpha value is -1.43. The summed E-state index contributed by atoms with van der Waals surface area (Å²) in [4.78, 5) is 4.58. The van der Waals surface area contributed by atoms with Crippen molar-refractivity contribution in [1.29, 1.82) is 0 Å². The molecule has 0 fully saturated rings. The van der Waals surface area contributed by atoms with Gasteiger partial charge in [-0.3, -0.25) is 5.32 Å². The number of nitrogens with one attached hydrogen (secondary N) is 1. The fraction of sp³-hybridized carbons (Fsp3) is 0.500. The number of methoxy groups -OCH3 is 1. The van der Waals surface area contributed by atoms with Crippen molar-refractivity contribution in [2.75, 3.05) is 13.7 Å². The van der Waals surface area contributed by atoms with Crippen LogP contribution in [0.1, 0.15) is 42.1 Å². The number of nitrogens with zero attached hydrogens (tertiary/aromatic N) is 3. The fourth-order valence-electron chi connectivity index (χ4n) is 2.97. The van der Waals surface area contributed by atoms with Crippen LogP contribution in [0.25, 0.3) is 0 Å². The number of fused-ring (bicyclic) bond motifs is 1. The molecule has 22 heavy (non-hydrogen) atoms. The molecule has 1 aromatic heterocycles. The molecule has 1 aliphatic heterocycles. The van der Waals surface area contributed by atoms with Gasteiger partial charge in [-0.05, 0) is 37.5 Å². The molecule has 0 radical (unpaired) electrons. The second kappa shape index (κ2) is 6.77. The van der Waals surface area contributed by atoms with Crippen LogP contribution in [0.15, 0.2) is 24.3 Å². The number of halogens is 1. The Morgan fingerprint density at radius 1 is 1.41 bits per heavy atom. The molecule has 1 aliphatic rings. The lowest BCUT2D eigenvalue weighted by Gasteiger charge is -2.28. The highest BCUT2D eigenvalue weighted by Crippen LogP contribution is 2.27. The van der Waals surface area contributed by atoms with E-state index in [0.717, 1.165) is 36.1 Å². The number of aryl methyl sites for hydroxylation is 2. The van der Waals surface area contributed by atoms with Crippen LogP contribution in [0.2, 0.25) is 5.02 Å². The van der Waals surface area contributed by atoms with Crippen LogP contribution in [0, 0.1) is 6.92 Å². The maximum Gasteiger partial charge on any atom is 0.147 e. The lowest BCUT2D eigenvalue weighted by molar-refractivity contribution is 0.156. The highest BCUT2D eigenvalue weighted by molar-refractivity contribution is 6.30. The first-order valence-corrected chi connectivity index (χ1v) is 7.97. The number of rotatable bonds is 5. The average Bonchev–Trinajstić information content (AvgIpc) is 2.89. The van der Waals surface area contributed by atoms with Gasteiger partial charge < -0.3 is 4.74 Å². The molecule has 118 valence electrons. The number of benzene rings is 1. The molecule has 0 spiro atoms. The zero-order valence-electron chi connectivity index (χ0n) is 12.9. The number of hydrogen-bond acceptors (Lipinski definition) is 4. The predicted octanol–water partition coefficient (Wildman–Crippen LogP) is 3.05. The van der Waals surface area contributed by atoms with Gasteiger partial charge in [-0.25, -0.2) is 9.67 Å². The minimum atomic E-state index is 0.107. The van der Waals surface area contributed by atoms with Crippen LogP contribution >= 0.6 is 11.6 Å². The summed E-state index contributed by atoms with van der Waals surface area (Å²) in [5.41, 5.74) is 1.17. The molecule has 0 unspecified atom stereocenters. The molecule has 1 N–H and O–H groups in total. The topological polar surface area (TPSA) is 52.0 Å². The minimum absolute atomic E-state index is 0.107. The Balaban J connectivity index is 1.81. The first kappa shape index (κ1) is 15.5. The summed E-state index contributed by atoms with van der Waals surface area (Å²) >= 11 is 5.98. The standard InChI is InChI=1S/C16H21ClN4O/c1-11-18-16-14(4-3-9-21(16)20-11)19-15(10-22-2)12-5-7-13(17)8-6-12/h5-8,14-15,19H,3-4,9-10H2,1-2H3/t14-,15-/m0/s1. The van der Waals surface area contributed by atoms with Crippen LogP contribution in [-0.4, -0.2) is 28.5 Å². The summed E-state index contributed by atoms with van der Waals surface area (Å²) in [6.07, 6.45) is 2.17. The molecule has 2 atom stereocenters. The van der Waals surface area contributed by atoms with Gasteiger partial charge in [0.25, 0.3) is 0 Å². The van der Waals surface area contributed by atoms with E-state index in [9.17, 15) is 0 Å². The number of hydrogen-bond donors (Lipinski definition) is 1. The van der Waals surface area contributed by atoms with E-state index in [2.05, 4.69) is 15.4 Å². The van der Waals surface area contributed by atoms with Crippen LogP contribution in [0.5, 0.6) is 0 Å². The molecule has 0 aliphatic carbocycles. The second-order valence-corrected chi connectivity index (χ2v) is 6.10. The molecule has 5 nitrogen and oxygen atoms in total. The summed E-state index contributed by atoms with van der Waals surface area (Å²) in [6.45, 7) is 3.49. The highest BCUT2D eigenvalue weighted by atomic mass is 35.5. The van der Waals surface area contributed by atoms with Crippen molar-refractivity contribution in [3.63, 3.8) is 0 Å². The summed E-state index contributed by atoms with van der Waals surface area (Å²) in [7, 11) is 1.72. The summed E-state index contributed by atoms with van der Waals surface area (Å²) in [6, 6.07) is 8.21. The van der Waals surface area contributed by atoms with Gasteiger partial charge in [0.05, 0.1) is 18.7 Å². The quantitative estimate of drug-likeness (QED) is 0.920. The van der Waals surface area contributed by atoms with Gasteiger partial charge in [0.2, 0.25) is 0 Å². The fourth-order valence-corrected chi connectivity index (χ4v) is 3.10. The van der Waals surface area contributed by atoms with Crippen molar-refractivity contribution < 1.29 is 4.74 Å². The first-order valence-electron chi connectivity index (χ1n) is 7.59. The Labute approximate surface area is 135 Å². The van der Waals surface area contributed by atoms with Gasteiger partial charge in [-0.1, -0.05) is 23.7 Å². The second-order valence-electron chi connectivity index (χ2n) is 5.66. The van der Waals surface area contributed by atoms with Gasteiger partial charge in [-0.2, -0.15) is 5.10 Å². The number of ether oxygens (including phenoxy) is 1. The third-order valence-electron chi connectivity index (χ3n) is 3.99. The van der Waals surface area contributed by atoms with Crippen LogP contribution in [0.3, 0.4) is 0 Å². The van der Waals surface area contributed by atoms with Crippen molar-refractivity contribution in [1.82, 2.24) is 20.1 Å². The molecule has 2 aromatic rings. The molecule has 3 rings (SSSR count). The van der Waals surface area contributed by atoms with E-state index in [1.807, 2.05) is 35.9 Å². The third-order valence-corrected chi connectivity index (χ3v) is 4.24. The average molecular weight is 321 g/mol. The minimum Gasteiger partial charge on any atom is -0.383 e. The van der Waals surface area contributed by atoms with Crippen molar-refractivity contribution in [3.8, 4) is 0 Å². The Morgan fingerprint density at radius 2 is 2.18 bits per heavy atom. The zero-order chi connectivity index (χ0) is 15.5. The smallest absolute Gasteiger partial charge is 0.147 e. The van der Waals surface area contributed by atoms with E-state index in [-0.39, 0.29) is 12.1 Å². The molecule has 0 bridgehead atoms. The van der Waals surface area contributed by atoms with Gasteiger partial charge in [0.15, 0.2) is 0 Å². The Bertz CT molecular complexity index is 626.